The van der Waals surface area contributed by atoms with E-state index in [9.17, 15) is 0 Å². The first-order chi connectivity index (χ1) is 6.90. The Labute approximate surface area is 83.4 Å². The van der Waals surface area contributed by atoms with Crippen molar-refractivity contribution in [2.75, 3.05) is 6.54 Å². The summed E-state index contributed by atoms with van der Waals surface area (Å²) >= 11 is 0. The van der Waals surface area contributed by atoms with Gasteiger partial charge in [0.25, 0.3) is 0 Å². The van der Waals surface area contributed by atoms with Crippen molar-refractivity contribution in [2.45, 2.75) is 32.2 Å². The summed E-state index contributed by atoms with van der Waals surface area (Å²) in [6.07, 6.45) is 7.29. The minimum absolute atomic E-state index is 0.259. The lowest BCUT2D eigenvalue weighted by Gasteiger charge is -2.19. The molecule has 14 heavy (non-hydrogen) atoms. The monoisotopic (exact) mass is 193 g/mol. The van der Waals surface area contributed by atoms with Gasteiger partial charge in [-0.05, 0) is 32.4 Å². The summed E-state index contributed by atoms with van der Waals surface area (Å²) in [6.45, 7) is 2.98. The topological polar surface area (TPSA) is 51.0 Å². The lowest BCUT2D eigenvalue weighted by atomic mass is 10.1. The molecule has 2 rings (SSSR count). The van der Waals surface area contributed by atoms with Gasteiger partial charge in [-0.2, -0.15) is 0 Å². The fraction of sp³-hybridized carbons (Fsp3) is 0.600. The van der Waals surface area contributed by atoms with Gasteiger partial charge in [0.2, 0.25) is 11.8 Å². The molecule has 76 valence electrons. The average Bonchev–Trinajstić information content (AvgIpc) is 2.68. The summed E-state index contributed by atoms with van der Waals surface area (Å²) in [5.74, 6) is 1.31. The van der Waals surface area contributed by atoms with Gasteiger partial charge in [0, 0.05) is 0 Å². The zero-order valence-corrected chi connectivity index (χ0v) is 8.36. The van der Waals surface area contributed by atoms with Gasteiger partial charge in [0.15, 0.2) is 0 Å². The summed E-state index contributed by atoms with van der Waals surface area (Å²) in [5, 5.41) is 11.3. The molecule has 0 spiro atoms. The number of allylic oxidation sites excluding steroid dienone is 1. The Morgan fingerprint density at radius 3 is 3.07 bits per heavy atom. The molecule has 4 heteroatoms. The fourth-order valence-corrected chi connectivity index (χ4v) is 1.66. The van der Waals surface area contributed by atoms with Crippen LogP contribution in [0.4, 0.5) is 0 Å². The standard InChI is InChI=1S/C10H15N3O/c1-2-5-9-12-13-10(14-9)8-6-3-4-7-11-8/h2,5,8,11H,3-4,6-7H2,1H3/b5-2+. The van der Waals surface area contributed by atoms with Crippen molar-refractivity contribution in [3.63, 3.8) is 0 Å². The van der Waals surface area contributed by atoms with Gasteiger partial charge >= 0.3 is 0 Å². The Kier molecular flexibility index (Phi) is 2.93. The molecule has 1 fully saturated rings. The maximum absolute atomic E-state index is 5.49. The number of hydrogen-bond acceptors (Lipinski definition) is 4. The van der Waals surface area contributed by atoms with E-state index >= 15 is 0 Å². The van der Waals surface area contributed by atoms with Crippen LogP contribution < -0.4 is 5.32 Å². The zero-order chi connectivity index (χ0) is 9.80. The summed E-state index contributed by atoms with van der Waals surface area (Å²) < 4.78 is 5.49. The van der Waals surface area contributed by atoms with Crippen LogP contribution in [-0.2, 0) is 0 Å². The quantitative estimate of drug-likeness (QED) is 0.779. The molecule has 1 N–H and O–H groups in total. The van der Waals surface area contributed by atoms with Gasteiger partial charge in [-0.15, -0.1) is 10.2 Å². The smallest absolute Gasteiger partial charge is 0.240 e. The molecule has 2 heterocycles. The number of piperidine rings is 1. The number of rotatable bonds is 2. The van der Waals surface area contributed by atoms with E-state index in [1.54, 1.807) is 0 Å². The predicted molar refractivity (Wildman–Crippen MR) is 53.6 cm³/mol. The molecule has 0 aliphatic carbocycles. The van der Waals surface area contributed by atoms with Crippen LogP contribution in [0.5, 0.6) is 0 Å². The van der Waals surface area contributed by atoms with Crippen molar-refractivity contribution in [2.24, 2.45) is 0 Å². The normalized spacial score (nSPS) is 23.1. The third-order valence-electron chi connectivity index (χ3n) is 2.37. The second-order valence-electron chi connectivity index (χ2n) is 3.48. The highest BCUT2D eigenvalue weighted by atomic mass is 16.4. The Morgan fingerprint density at radius 1 is 1.43 bits per heavy atom. The molecule has 0 bridgehead atoms. The first-order valence-corrected chi connectivity index (χ1v) is 5.09. The second kappa shape index (κ2) is 4.37. The van der Waals surface area contributed by atoms with Crippen LogP contribution in [0, 0.1) is 0 Å². The number of nitrogens with one attached hydrogen (secondary N) is 1. The van der Waals surface area contributed by atoms with Crippen molar-refractivity contribution < 1.29 is 4.42 Å². The highest BCUT2D eigenvalue weighted by molar-refractivity contribution is 5.35. The average molecular weight is 193 g/mol. The van der Waals surface area contributed by atoms with Crippen molar-refractivity contribution >= 4 is 6.08 Å². The molecule has 0 radical (unpaired) electrons. The van der Waals surface area contributed by atoms with Crippen LogP contribution in [0.3, 0.4) is 0 Å². The highest BCUT2D eigenvalue weighted by Crippen LogP contribution is 2.21. The van der Waals surface area contributed by atoms with Gasteiger partial charge in [0.1, 0.15) is 0 Å². The fourth-order valence-electron chi connectivity index (χ4n) is 1.66. The third kappa shape index (κ3) is 2.01. The van der Waals surface area contributed by atoms with Crippen molar-refractivity contribution in [3.8, 4) is 0 Å². The predicted octanol–water partition coefficient (Wildman–Crippen LogP) is 1.92. The Balaban J connectivity index is 2.07. The lowest BCUT2D eigenvalue weighted by molar-refractivity contribution is 0.337. The first-order valence-electron chi connectivity index (χ1n) is 5.09. The van der Waals surface area contributed by atoms with E-state index in [1.165, 1.54) is 12.8 Å². The van der Waals surface area contributed by atoms with Gasteiger partial charge in [-0.1, -0.05) is 12.5 Å². The van der Waals surface area contributed by atoms with E-state index in [4.69, 9.17) is 4.42 Å². The van der Waals surface area contributed by atoms with Crippen LogP contribution in [0.25, 0.3) is 6.08 Å². The van der Waals surface area contributed by atoms with Crippen molar-refractivity contribution in [1.29, 1.82) is 0 Å². The van der Waals surface area contributed by atoms with Crippen LogP contribution in [0.2, 0.25) is 0 Å². The second-order valence-corrected chi connectivity index (χ2v) is 3.48. The van der Waals surface area contributed by atoms with Crippen molar-refractivity contribution in [3.05, 3.63) is 17.9 Å². The van der Waals surface area contributed by atoms with E-state index in [2.05, 4.69) is 15.5 Å². The number of hydrogen-bond donors (Lipinski definition) is 1. The van der Waals surface area contributed by atoms with Crippen LogP contribution in [0.1, 0.15) is 44.0 Å². The van der Waals surface area contributed by atoms with Gasteiger partial charge < -0.3 is 9.73 Å². The summed E-state index contributed by atoms with van der Waals surface area (Å²) in [6, 6.07) is 0.259. The molecular weight excluding hydrogens is 178 g/mol. The molecule has 1 atom stereocenters. The summed E-state index contributed by atoms with van der Waals surface area (Å²) in [7, 11) is 0. The maximum atomic E-state index is 5.49. The van der Waals surface area contributed by atoms with Crippen LogP contribution in [0.15, 0.2) is 10.5 Å². The Morgan fingerprint density at radius 2 is 2.36 bits per heavy atom. The van der Waals surface area contributed by atoms with E-state index in [0.29, 0.717) is 5.89 Å². The minimum atomic E-state index is 0.259. The summed E-state index contributed by atoms with van der Waals surface area (Å²) in [4.78, 5) is 0. The number of nitrogens with zero attached hydrogens (tertiary/aromatic N) is 2. The van der Waals surface area contributed by atoms with E-state index in [-0.39, 0.29) is 6.04 Å². The Bertz CT molecular complexity index is 313. The molecule has 1 saturated heterocycles. The Hall–Kier alpha value is -1.16. The van der Waals surface area contributed by atoms with Crippen molar-refractivity contribution in [1.82, 2.24) is 15.5 Å². The van der Waals surface area contributed by atoms with Crippen LogP contribution in [-0.4, -0.2) is 16.7 Å². The largest absolute Gasteiger partial charge is 0.420 e. The molecule has 1 aliphatic rings. The van der Waals surface area contributed by atoms with Crippen LogP contribution >= 0.6 is 0 Å². The SMILES string of the molecule is C/C=C/c1nnc(C2CCCCN2)o1. The molecule has 1 aliphatic heterocycles. The zero-order valence-electron chi connectivity index (χ0n) is 8.36. The molecule has 0 amide bonds. The van der Waals surface area contributed by atoms with Gasteiger partial charge in [-0.3, -0.25) is 0 Å². The third-order valence-corrected chi connectivity index (χ3v) is 2.37. The molecule has 1 unspecified atom stereocenters. The molecular formula is C10H15N3O. The van der Waals surface area contributed by atoms with Gasteiger partial charge in [-0.25, -0.2) is 0 Å². The first kappa shape index (κ1) is 9.40. The highest BCUT2D eigenvalue weighted by Gasteiger charge is 2.19. The maximum Gasteiger partial charge on any atom is 0.240 e. The minimum Gasteiger partial charge on any atom is -0.420 e. The van der Waals surface area contributed by atoms with E-state index in [0.717, 1.165) is 18.9 Å². The molecule has 1 aromatic rings. The molecule has 0 saturated carbocycles. The molecule has 0 aromatic carbocycles. The number of aromatic nitrogens is 2. The molecule has 1 aromatic heterocycles. The van der Waals surface area contributed by atoms with E-state index < -0.39 is 0 Å². The van der Waals surface area contributed by atoms with Gasteiger partial charge in [0.05, 0.1) is 6.04 Å². The lowest BCUT2D eigenvalue weighted by Crippen LogP contribution is -2.26. The molecule has 4 nitrogen and oxygen atoms in total. The van der Waals surface area contributed by atoms with E-state index in [1.807, 2.05) is 19.1 Å². The summed E-state index contributed by atoms with van der Waals surface area (Å²) in [5.41, 5.74) is 0.